The van der Waals surface area contributed by atoms with Gasteiger partial charge in [0.15, 0.2) is 0 Å². The molecule has 7 heteroatoms. The van der Waals surface area contributed by atoms with Crippen LogP contribution in [0.3, 0.4) is 0 Å². The smallest absolute Gasteiger partial charge is 0.255 e. The topological polar surface area (TPSA) is 95.5 Å². The molecule has 1 amide bonds. The van der Waals surface area contributed by atoms with Gasteiger partial charge in [0.05, 0.1) is 11.9 Å². The van der Waals surface area contributed by atoms with E-state index in [2.05, 4.69) is 10.0 Å². The van der Waals surface area contributed by atoms with Crippen LogP contribution in [0.25, 0.3) is 0 Å². The molecule has 0 heterocycles. The monoisotopic (exact) mass is 306 g/mol. The highest BCUT2D eigenvalue weighted by molar-refractivity contribution is 7.92. The highest BCUT2D eigenvalue weighted by Crippen LogP contribution is 2.27. The minimum atomic E-state index is -3.52. The van der Waals surface area contributed by atoms with Crippen LogP contribution in [0, 0.1) is 0 Å². The van der Waals surface area contributed by atoms with E-state index >= 15 is 0 Å². The third-order valence-corrected chi connectivity index (χ3v) is 3.18. The fourth-order valence-electron chi connectivity index (χ4n) is 1.69. The van der Waals surface area contributed by atoms with E-state index in [-0.39, 0.29) is 17.3 Å². The van der Waals surface area contributed by atoms with Crippen LogP contribution in [0.15, 0.2) is 48.5 Å². The van der Waals surface area contributed by atoms with E-state index in [0.717, 1.165) is 6.26 Å². The Bertz CT molecular complexity index is 758. The van der Waals surface area contributed by atoms with Crippen LogP contribution in [0.4, 0.5) is 11.4 Å². The number of phenolic OH excluding ortho intramolecular Hbond substituents is 1. The third-order valence-electron chi connectivity index (χ3n) is 2.59. The molecule has 0 bridgehead atoms. The Hall–Kier alpha value is -2.54. The first-order valence-corrected chi connectivity index (χ1v) is 7.91. The molecule has 110 valence electrons. The van der Waals surface area contributed by atoms with Gasteiger partial charge in [-0.3, -0.25) is 9.52 Å². The lowest BCUT2D eigenvalue weighted by Crippen LogP contribution is -2.13. The maximum absolute atomic E-state index is 12.0. The summed E-state index contributed by atoms with van der Waals surface area (Å²) in [6, 6.07) is 12.7. The van der Waals surface area contributed by atoms with Crippen LogP contribution >= 0.6 is 0 Å². The number of nitrogens with one attached hydrogen (secondary N) is 2. The average molecular weight is 306 g/mol. The fourth-order valence-corrected chi connectivity index (χ4v) is 2.25. The molecule has 2 aromatic carbocycles. The van der Waals surface area contributed by atoms with Gasteiger partial charge in [0, 0.05) is 11.3 Å². The first-order chi connectivity index (χ1) is 9.85. The number of anilines is 2. The van der Waals surface area contributed by atoms with Crippen molar-refractivity contribution in [3.63, 3.8) is 0 Å². The van der Waals surface area contributed by atoms with Gasteiger partial charge in [-0.25, -0.2) is 8.42 Å². The Labute approximate surface area is 122 Å². The number of hydrogen-bond acceptors (Lipinski definition) is 4. The van der Waals surface area contributed by atoms with Gasteiger partial charge in [-0.1, -0.05) is 18.2 Å². The van der Waals surface area contributed by atoms with E-state index in [4.69, 9.17) is 0 Å². The first-order valence-electron chi connectivity index (χ1n) is 6.02. The summed E-state index contributed by atoms with van der Waals surface area (Å²) in [4.78, 5) is 12.0. The summed E-state index contributed by atoms with van der Waals surface area (Å²) in [6.45, 7) is 0. The lowest BCUT2D eigenvalue weighted by Gasteiger charge is -2.10. The number of sulfonamides is 1. The third kappa shape index (κ3) is 4.22. The molecule has 0 fully saturated rings. The lowest BCUT2D eigenvalue weighted by molar-refractivity contribution is 0.102. The molecule has 0 aliphatic heterocycles. The second-order valence-corrected chi connectivity index (χ2v) is 6.17. The molecule has 0 radical (unpaired) electrons. The van der Waals surface area contributed by atoms with Crippen molar-refractivity contribution in [3.05, 3.63) is 54.1 Å². The molecule has 3 N–H and O–H groups in total. The second-order valence-electron chi connectivity index (χ2n) is 4.43. The maximum Gasteiger partial charge on any atom is 0.255 e. The predicted octanol–water partition coefficient (Wildman–Crippen LogP) is 2.02. The largest absolute Gasteiger partial charge is 0.506 e. The van der Waals surface area contributed by atoms with Gasteiger partial charge in [-0.05, 0) is 30.3 Å². The maximum atomic E-state index is 12.0. The van der Waals surface area contributed by atoms with Gasteiger partial charge in [-0.15, -0.1) is 0 Å². The van der Waals surface area contributed by atoms with Crippen LogP contribution in [-0.4, -0.2) is 25.7 Å². The number of amides is 1. The predicted molar refractivity (Wildman–Crippen MR) is 81.0 cm³/mol. The minimum Gasteiger partial charge on any atom is -0.506 e. The molecule has 0 saturated carbocycles. The highest BCUT2D eigenvalue weighted by Gasteiger charge is 2.10. The van der Waals surface area contributed by atoms with Crippen LogP contribution in [-0.2, 0) is 10.0 Å². The number of carbonyl (C=O) groups excluding carboxylic acids is 1. The van der Waals surface area contributed by atoms with E-state index in [1.807, 2.05) is 0 Å². The quantitative estimate of drug-likeness (QED) is 0.595. The molecule has 0 aromatic heterocycles. The Morgan fingerprint density at radius 2 is 1.76 bits per heavy atom. The van der Waals surface area contributed by atoms with Crippen molar-refractivity contribution in [2.75, 3.05) is 16.3 Å². The summed E-state index contributed by atoms with van der Waals surface area (Å²) in [5.41, 5.74) is 0.847. The van der Waals surface area contributed by atoms with E-state index < -0.39 is 10.0 Å². The second kappa shape index (κ2) is 5.84. The average Bonchev–Trinajstić information content (AvgIpc) is 2.42. The number of carbonyl (C=O) groups is 1. The van der Waals surface area contributed by atoms with Gasteiger partial charge in [0.2, 0.25) is 10.0 Å². The summed E-state index contributed by atoms with van der Waals surface area (Å²) in [5, 5.41) is 12.2. The molecule has 2 rings (SSSR count). The van der Waals surface area contributed by atoms with Crippen molar-refractivity contribution in [2.45, 2.75) is 0 Å². The standard InChI is InChI=1S/C14H14N2O4S/c1-21(19,20)16-12-9-11(7-8-13(12)17)15-14(18)10-5-3-2-4-6-10/h2-9,16-17H,1H3,(H,15,18). The molecule has 21 heavy (non-hydrogen) atoms. The van der Waals surface area contributed by atoms with Crippen LogP contribution in [0.2, 0.25) is 0 Å². The summed E-state index contributed by atoms with van der Waals surface area (Å²) in [5.74, 6) is -0.551. The Balaban J connectivity index is 2.22. The summed E-state index contributed by atoms with van der Waals surface area (Å²) in [6.07, 6.45) is 0.974. The van der Waals surface area contributed by atoms with Gasteiger partial charge in [0.25, 0.3) is 5.91 Å². The normalized spacial score (nSPS) is 10.9. The molecule has 0 aliphatic rings. The van der Waals surface area contributed by atoms with Crippen LogP contribution in [0.5, 0.6) is 5.75 Å². The van der Waals surface area contributed by atoms with Crippen molar-refractivity contribution in [1.82, 2.24) is 0 Å². The van der Waals surface area contributed by atoms with Crippen molar-refractivity contribution in [2.24, 2.45) is 0 Å². The van der Waals surface area contributed by atoms with Crippen molar-refractivity contribution in [3.8, 4) is 5.75 Å². The molecule has 2 aromatic rings. The van der Waals surface area contributed by atoms with Crippen molar-refractivity contribution < 1.29 is 18.3 Å². The molecule has 0 aliphatic carbocycles. The molecular weight excluding hydrogens is 292 g/mol. The lowest BCUT2D eigenvalue weighted by atomic mass is 10.2. The molecule has 0 atom stereocenters. The zero-order chi connectivity index (χ0) is 15.5. The van der Waals surface area contributed by atoms with Gasteiger partial charge >= 0.3 is 0 Å². The minimum absolute atomic E-state index is 0.00311. The molecule has 0 spiro atoms. The molecule has 6 nitrogen and oxygen atoms in total. The van der Waals surface area contributed by atoms with Crippen LogP contribution < -0.4 is 10.0 Å². The molecule has 0 unspecified atom stereocenters. The zero-order valence-corrected chi connectivity index (χ0v) is 12.0. The fraction of sp³-hybridized carbons (Fsp3) is 0.0714. The Kier molecular flexibility index (Phi) is 4.13. The van der Waals surface area contributed by atoms with E-state index in [9.17, 15) is 18.3 Å². The SMILES string of the molecule is CS(=O)(=O)Nc1cc(NC(=O)c2ccccc2)ccc1O. The number of phenols is 1. The number of aromatic hydroxyl groups is 1. The van der Waals surface area contributed by atoms with Crippen molar-refractivity contribution in [1.29, 1.82) is 0 Å². The van der Waals surface area contributed by atoms with Gasteiger partial charge in [0.1, 0.15) is 5.75 Å². The van der Waals surface area contributed by atoms with Crippen molar-refractivity contribution >= 4 is 27.3 Å². The summed E-state index contributed by atoms with van der Waals surface area (Å²) < 4.78 is 24.6. The van der Waals surface area contributed by atoms with E-state index in [1.165, 1.54) is 18.2 Å². The number of benzene rings is 2. The van der Waals surface area contributed by atoms with E-state index in [0.29, 0.717) is 11.3 Å². The van der Waals surface area contributed by atoms with E-state index in [1.54, 1.807) is 30.3 Å². The Morgan fingerprint density at radius 3 is 2.38 bits per heavy atom. The highest BCUT2D eigenvalue weighted by atomic mass is 32.2. The number of hydrogen-bond donors (Lipinski definition) is 3. The van der Waals surface area contributed by atoms with Crippen LogP contribution in [0.1, 0.15) is 10.4 Å². The van der Waals surface area contributed by atoms with Gasteiger partial charge in [-0.2, -0.15) is 0 Å². The number of rotatable bonds is 4. The summed E-state index contributed by atoms with van der Waals surface area (Å²) in [7, 11) is -3.52. The summed E-state index contributed by atoms with van der Waals surface area (Å²) >= 11 is 0. The zero-order valence-electron chi connectivity index (χ0n) is 11.2. The van der Waals surface area contributed by atoms with Gasteiger partial charge < -0.3 is 10.4 Å². The first kappa shape index (κ1) is 14.9. The molecule has 0 saturated heterocycles. The Morgan fingerprint density at radius 1 is 1.10 bits per heavy atom. The molecular formula is C14H14N2O4S.